The smallest absolute Gasteiger partial charge is 0.244 e. The van der Waals surface area contributed by atoms with Crippen LogP contribution in [0.25, 0.3) is 11.0 Å². The zero-order chi connectivity index (χ0) is 11.3. The Morgan fingerprint density at radius 1 is 1.44 bits per heavy atom. The third-order valence-electron chi connectivity index (χ3n) is 2.97. The maximum atomic E-state index is 12.8. The first-order chi connectivity index (χ1) is 7.57. The highest BCUT2D eigenvalue weighted by Crippen LogP contribution is 2.45. The van der Waals surface area contributed by atoms with Gasteiger partial charge in [-0.2, -0.15) is 5.10 Å². The van der Waals surface area contributed by atoms with Gasteiger partial charge < -0.3 is 0 Å². The van der Waals surface area contributed by atoms with Crippen LogP contribution in [-0.4, -0.2) is 25.7 Å². The third-order valence-corrected chi connectivity index (χ3v) is 2.97. The maximum absolute atomic E-state index is 12.8. The van der Waals surface area contributed by atoms with Gasteiger partial charge in [0.15, 0.2) is 5.65 Å². The molecule has 16 heavy (non-hydrogen) atoms. The highest BCUT2D eigenvalue weighted by atomic mass is 19.3. The second-order valence-electron chi connectivity index (χ2n) is 4.21. The van der Waals surface area contributed by atoms with Crippen molar-refractivity contribution >= 4 is 11.0 Å². The van der Waals surface area contributed by atoms with E-state index in [-0.39, 0.29) is 18.9 Å². The summed E-state index contributed by atoms with van der Waals surface area (Å²) >= 11 is 0. The lowest BCUT2D eigenvalue weighted by Crippen LogP contribution is -2.37. The molecule has 1 aliphatic rings. The fourth-order valence-electron chi connectivity index (χ4n) is 2.08. The van der Waals surface area contributed by atoms with E-state index >= 15 is 0 Å². The Kier molecular flexibility index (Phi) is 1.78. The van der Waals surface area contributed by atoms with Gasteiger partial charge in [0.1, 0.15) is 6.33 Å². The monoisotopic (exact) mass is 224 g/mol. The summed E-state index contributed by atoms with van der Waals surface area (Å²) in [5.41, 5.74) is 1.43. The zero-order valence-corrected chi connectivity index (χ0v) is 8.69. The van der Waals surface area contributed by atoms with Gasteiger partial charge in [0, 0.05) is 19.0 Å². The number of alkyl halides is 2. The number of hydrogen-bond donors (Lipinski definition) is 0. The van der Waals surface area contributed by atoms with Gasteiger partial charge in [0.05, 0.1) is 17.1 Å². The van der Waals surface area contributed by atoms with E-state index in [1.54, 1.807) is 10.9 Å². The van der Waals surface area contributed by atoms with Crippen LogP contribution in [0.4, 0.5) is 8.78 Å². The first kappa shape index (κ1) is 9.62. The highest BCUT2D eigenvalue weighted by molar-refractivity contribution is 5.76. The minimum absolute atomic E-state index is 0.146. The molecule has 2 aromatic heterocycles. The molecule has 2 aromatic rings. The number of rotatable bonds is 1. The molecule has 0 aromatic carbocycles. The first-order valence-corrected chi connectivity index (χ1v) is 5.09. The van der Waals surface area contributed by atoms with Crippen molar-refractivity contribution in [3.8, 4) is 0 Å². The number of halogens is 2. The molecule has 0 atom stereocenters. The molecule has 1 fully saturated rings. The summed E-state index contributed by atoms with van der Waals surface area (Å²) in [4.78, 5) is 8.00. The summed E-state index contributed by atoms with van der Waals surface area (Å²) in [7, 11) is 0. The summed E-state index contributed by atoms with van der Waals surface area (Å²) in [6.07, 6.45) is 2.79. The largest absolute Gasteiger partial charge is 0.252 e. The van der Waals surface area contributed by atoms with E-state index in [1.807, 2.05) is 6.92 Å². The SMILES string of the molecule is Cc1nn(C2CC(F)(F)C2)c2ncncc12. The lowest BCUT2D eigenvalue weighted by molar-refractivity contribution is -0.106. The number of fused-ring (bicyclic) bond motifs is 1. The predicted octanol–water partition coefficient (Wildman–Crippen LogP) is 2.10. The van der Waals surface area contributed by atoms with Crippen molar-refractivity contribution in [3.63, 3.8) is 0 Å². The fraction of sp³-hybridized carbons (Fsp3) is 0.500. The van der Waals surface area contributed by atoms with Crippen molar-refractivity contribution in [1.82, 2.24) is 19.7 Å². The molecule has 0 saturated heterocycles. The Balaban J connectivity index is 2.05. The number of nitrogens with zero attached hydrogens (tertiary/aromatic N) is 4. The van der Waals surface area contributed by atoms with Crippen LogP contribution < -0.4 is 0 Å². The van der Waals surface area contributed by atoms with Crippen LogP contribution >= 0.6 is 0 Å². The van der Waals surface area contributed by atoms with Crippen molar-refractivity contribution in [2.45, 2.75) is 31.7 Å². The second-order valence-corrected chi connectivity index (χ2v) is 4.21. The van der Waals surface area contributed by atoms with E-state index in [4.69, 9.17) is 0 Å². The molecule has 84 valence electrons. The van der Waals surface area contributed by atoms with Crippen LogP contribution in [0.15, 0.2) is 12.5 Å². The molecule has 0 unspecified atom stereocenters. The summed E-state index contributed by atoms with van der Waals surface area (Å²) < 4.78 is 27.2. The molecule has 0 bridgehead atoms. The number of hydrogen-bond acceptors (Lipinski definition) is 3. The summed E-state index contributed by atoms with van der Waals surface area (Å²) in [5.74, 6) is -2.54. The van der Waals surface area contributed by atoms with E-state index in [0.29, 0.717) is 5.65 Å². The Hall–Kier alpha value is -1.59. The molecule has 1 aliphatic carbocycles. The molecule has 6 heteroatoms. The van der Waals surface area contributed by atoms with E-state index in [1.165, 1.54) is 6.33 Å². The van der Waals surface area contributed by atoms with Gasteiger partial charge in [-0.25, -0.2) is 23.4 Å². The molecule has 0 amide bonds. The average molecular weight is 224 g/mol. The minimum Gasteiger partial charge on any atom is -0.244 e. The van der Waals surface area contributed by atoms with Crippen LogP contribution in [0.3, 0.4) is 0 Å². The maximum Gasteiger partial charge on any atom is 0.252 e. The Labute approximate surface area is 90.3 Å². The van der Waals surface area contributed by atoms with E-state index < -0.39 is 5.92 Å². The van der Waals surface area contributed by atoms with Gasteiger partial charge in [-0.3, -0.25) is 0 Å². The van der Waals surface area contributed by atoms with Gasteiger partial charge in [0.25, 0.3) is 5.92 Å². The van der Waals surface area contributed by atoms with Crippen molar-refractivity contribution in [1.29, 1.82) is 0 Å². The van der Waals surface area contributed by atoms with Gasteiger partial charge in [0.2, 0.25) is 0 Å². The third kappa shape index (κ3) is 1.29. The minimum atomic E-state index is -2.54. The molecule has 0 spiro atoms. The van der Waals surface area contributed by atoms with Crippen LogP contribution in [-0.2, 0) is 0 Å². The van der Waals surface area contributed by atoms with Gasteiger partial charge >= 0.3 is 0 Å². The second kappa shape index (κ2) is 2.96. The fourth-order valence-corrected chi connectivity index (χ4v) is 2.08. The number of aromatic nitrogens is 4. The lowest BCUT2D eigenvalue weighted by Gasteiger charge is -2.34. The Morgan fingerprint density at radius 2 is 2.19 bits per heavy atom. The highest BCUT2D eigenvalue weighted by Gasteiger charge is 2.47. The Bertz CT molecular complexity index is 541. The van der Waals surface area contributed by atoms with Crippen molar-refractivity contribution < 1.29 is 8.78 Å². The predicted molar refractivity (Wildman–Crippen MR) is 53.3 cm³/mol. The van der Waals surface area contributed by atoms with Crippen LogP contribution in [0.1, 0.15) is 24.6 Å². The average Bonchev–Trinajstić information content (AvgIpc) is 2.53. The summed E-state index contributed by atoms with van der Waals surface area (Å²) in [6.45, 7) is 1.83. The van der Waals surface area contributed by atoms with Crippen LogP contribution in [0.5, 0.6) is 0 Å². The molecule has 3 rings (SSSR count). The summed E-state index contributed by atoms with van der Waals surface area (Å²) in [5, 5.41) is 5.09. The molecule has 1 saturated carbocycles. The zero-order valence-electron chi connectivity index (χ0n) is 8.69. The van der Waals surface area contributed by atoms with Gasteiger partial charge in [-0.1, -0.05) is 0 Å². The number of aryl methyl sites for hydroxylation is 1. The van der Waals surface area contributed by atoms with Crippen molar-refractivity contribution in [3.05, 3.63) is 18.2 Å². The van der Waals surface area contributed by atoms with Gasteiger partial charge in [-0.05, 0) is 6.92 Å². The van der Waals surface area contributed by atoms with E-state index in [9.17, 15) is 8.78 Å². The Morgan fingerprint density at radius 3 is 2.88 bits per heavy atom. The summed E-state index contributed by atoms with van der Waals surface area (Å²) in [6, 6.07) is -0.235. The molecular weight excluding hydrogens is 214 g/mol. The topological polar surface area (TPSA) is 43.6 Å². The lowest BCUT2D eigenvalue weighted by atomic mass is 9.88. The van der Waals surface area contributed by atoms with Crippen molar-refractivity contribution in [2.75, 3.05) is 0 Å². The quantitative estimate of drug-likeness (QED) is 0.745. The van der Waals surface area contributed by atoms with E-state index in [2.05, 4.69) is 15.1 Å². The molecule has 0 radical (unpaired) electrons. The van der Waals surface area contributed by atoms with Gasteiger partial charge in [-0.15, -0.1) is 0 Å². The standard InChI is InChI=1S/C10H10F2N4/c1-6-8-4-13-5-14-9(8)16(15-6)7-2-10(11,12)3-7/h4-5,7H,2-3H2,1H3. The normalized spacial score (nSPS) is 19.9. The molecule has 2 heterocycles. The molecular formula is C10H10F2N4. The first-order valence-electron chi connectivity index (χ1n) is 5.09. The van der Waals surface area contributed by atoms with Crippen molar-refractivity contribution in [2.24, 2.45) is 0 Å². The molecule has 0 N–H and O–H groups in total. The van der Waals surface area contributed by atoms with E-state index in [0.717, 1.165) is 11.1 Å². The molecule has 4 nitrogen and oxygen atoms in total. The van der Waals surface area contributed by atoms with Crippen LogP contribution in [0.2, 0.25) is 0 Å². The molecule has 0 aliphatic heterocycles. The van der Waals surface area contributed by atoms with Crippen LogP contribution in [0, 0.1) is 6.92 Å².